The highest BCUT2D eigenvalue weighted by Gasteiger charge is 2.15. The van der Waals surface area contributed by atoms with Crippen molar-refractivity contribution in [1.82, 2.24) is 19.7 Å². The summed E-state index contributed by atoms with van der Waals surface area (Å²) in [6.45, 7) is 4.57. The molecule has 22 heavy (non-hydrogen) atoms. The Hall–Kier alpha value is -1.99. The molecule has 2 aromatic heterocycles. The van der Waals surface area contributed by atoms with E-state index in [9.17, 15) is 4.79 Å². The molecule has 0 bridgehead atoms. The first-order chi connectivity index (χ1) is 10.1. The quantitative estimate of drug-likeness (QED) is 0.845. The summed E-state index contributed by atoms with van der Waals surface area (Å²) in [5, 5.41) is 7.31. The van der Waals surface area contributed by atoms with Gasteiger partial charge in [0.05, 0.1) is 5.69 Å². The van der Waals surface area contributed by atoms with Gasteiger partial charge in [-0.3, -0.25) is 4.79 Å². The first-order valence-electron chi connectivity index (χ1n) is 6.99. The largest absolute Gasteiger partial charge is 0.330 e. The van der Waals surface area contributed by atoms with Crippen LogP contribution >= 0.6 is 12.4 Å². The zero-order chi connectivity index (χ0) is 15.2. The SMILES string of the molecule is CC(C)c1cc(NC(=O)CCCN)n(-c2ncccn2)n1.Cl. The summed E-state index contributed by atoms with van der Waals surface area (Å²) in [7, 11) is 0. The number of hydrogen-bond acceptors (Lipinski definition) is 5. The molecule has 0 spiro atoms. The normalized spacial score (nSPS) is 10.4. The van der Waals surface area contributed by atoms with Crippen LogP contribution in [0.2, 0.25) is 0 Å². The fourth-order valence-electron chi connectivity index (χ4n) is 1.79. The molecule has 2 heterocycles. The van der Waals surface area contributed by atoms with Crippen molar-refractivity contribution < 1.29 is 4.79 Å². The van der Waals surface area contributed by atoms with Crippen molar-refractivity contribution in [2.75, 3.05) is 11.9 Å². The number of aromatic nitrogens is 4. The molecule has 1 amide bonds. The molecule has 3 N–H and O–H groups in total. The molecule has 0 aliphatic rings. The predicted molar refractivity (Wildman–Crippen MR) is 87.4 cm³/mol. The van der Waals surface area contributed by atoms with E-state index >= 15 is 0 Å². The van der Waals surface area contributed by atoms with E-state index in [0.29, 0.717) is 31.2 Å². The first kappa shape index (κ1) is 18.1. The number of halogens is 1. The van der Waals surface area contributed by atoms with Crippen molar-refractivity contribution in [2.45, 2.75) is 32.6 Å². The minimum Gasteiger partial charge on any atom is -0.330 e. The lowest BCUT2D eigenvalue weighted by atomic mass is 10.1. The van der Waals surface area contributed by atoms with Crippen LogP contribution in [0, 0.1) is 0 Å². The molecule has 0 aliphatic carbocycles. The molecule has 0 saturated carbocycles. The van der Waals surface area contributed by atoms with Gasteiger partial charge in [0, 0.05) is 24.9 Å². The number of rotatable bonds is 6. The number of nitrogens with two attached hydrogens (primary N) is 1. The van der Waals surface area contributed by atoms with Crippen LogP contribution in [0.5, 0.6) is 0 Å². The van der Waals surface area contributed by atoms with E-state index in [-0.39, 0.29) is 24.2 Å². The average molecular weight is 325 g/mol. The fraction of sp³-hybridized carbons (Fsp3) is 0.429. The number of anilines is 1. The van der Waals surface area contributed by atoms with Gasteiger partial charge < -0.3 is 11.1 Å². The van der Waals surface area contributed by atoms with Crippen molar-refractivity contribution in [3.63, 3.8) is 0 Å². The topological polar surface area (TPSA) is 98.7 Å². The molecule has 0 atom stereocenters. The van der Waals surface area contributed by atoms with Gasteiger partial charge in [-0.15, -0.1) is 12.4 Å². The van der Waals surface area contributed by atoms with Gasteiger partial charge in [0.2, 0.25) is 5.91 Å². The molecule has 120 valence electrons. The highest BCUT2D eigenvalue weighted by atomic mass is 35.5. The van der Waals surface area contributed by atoms with E-state index < -0.39 is 0 Å². The zero-order valence-electron chi connectivity index (χ0n) is 12.7. The Morgan fingerprint density at radius 3 is 2.64 bits per heavy atom. The summed E-state index contributed by atoms with van der Waals surface area (Å²) in [4.78, 5) is 20.2. The molecule has 8 heteroatoms. The molecule has 0 unspecified atom stereocenters. The maximum atomic E-state index is 11.9. The van der Waals surface area contributed by atoms with Gasteiger partial charge in [0.15, 0.2) is 0 Å². The van der Waals surface area contributed by atoms with Gasteiger partial charge in [0.25, 0.3) is 5.95 Å². The van der Waals surface area contributed by atoms with Crippen molar-refractivity contribution >= 4 is 24.1 Å². The summed E-state index contributed by atoms with van der Waals surface area (Å²) in [6, 6.07) is 3.58. The molecule has 0 radical (unpaired) electrons. The Kier molecular flexibility index (Phi) is 6.94. The highest BCUT2D eigenvalue weighted by Crippen LogP contribution is 2.20. The van der Waals surface area contributed by atoms with E-state index in [1.807, 2.05) is 19.9 Å². The van der Waals surface area contributed by atoms with Crippen LogP contribution in [-0.4, -0.2) is 32.2 Å². The van der Waals surface area contributed by atoms with Crippen molar-refractivity contribution in [2.24, 2.45) is 5.73 Å². The summed E-state index contributed by atoms with van der Waals surface area (Å²) in [5.74, 6) is 1.16. The van der Waals surface area contributed by atoms with Gasteiger partial charge in [-0.2, -0.15) is 9.78 Å². The van der Waals surface area contributed by atoms with Crippen molar-refractivity contribution in [3.8, 4) is 5.95 Å². The predicted octanol–water partition coefficient (Wildman–Crippen LogP) is 1.88. The number of hydrogen-bond donors (Lipinski definition) is 2. The second kappa shape index (κ2) is 8.45. The molecule has 0 aromatic carbocycles. The molecule has 2 aromatic rings. The molecule has 2 rings (SSSR count). The van der Waals surface area contributed by atoms with E-state index in [0.717, 1.165) is 5.69 Å². The zero-order valence-corrected chi connectivity index (χ0v) is 13.5. The van der Waals surface area contributed by atoms with Gasteiger partial charge in [-0.1, -0.05) is 13.8 Å². The van der Waals surface area contributed by atoms with Gasteiger partial charge in [-0.25, -0.2) is 9.97 Å². The second-order valence-corrected chi connectivity index (χ2v) is 5.01. The Morgan fingerprint density at radius 1 is 1.36 bits per heavy atom. The number of nitrogens with one attached hydrogen (secondary N) is 1. The molecular formula is C14H21ClN6O. The van der Waals surface area contributed by atoms with Crippen LogP contribution in [0.1, 0.15) is 38.3 Å². The van der Waals surface area contributed by atoms with Gasteiger partial charge in [-0.05, 0) is 24.9 Å². The standard InChI is InChI=1S/C14H20N6O.ClH/c1-10(2)11-9-12(18-13(21)5-3-6-15)20(19-11)14-16-7-4-8-17-14;/h4,7-10H,3,5-6,15H2,1-2H3,(H,18,21);1H. The Morgan fingerprint density at radius 2 is 2.05 bits per heavy atom. The summed E-state index contributed by atoms with van der Waals surface area (Å²) in [6.07, 6.45) is 4.31. The highest BCUT2D eigenvalue weighted by molar-refractivity contribution is 5.90. The fourth-order valence-corrected chi connectivity index (χ4v) is 1.79. The molecule has 0 aliphatic heterocycles. The Labute approximate surface area is 135 Å². The maximum absolute atomic E-state index is 11.9. The maximum Gasteiger partial charge on any atom is 0.252 e. The molecule has 0 saturated heterocycles. The Balaban J connectivity index is 0.00000242. The minimum atomic E-state index is -0.0900. The smallest absolute Gasteiger partial charge is 0.252 e. The number of nitrogens with zero attached hydrogens (tertiary/aromatic N) is 4. The lowest BCUT2D eigenvalue weighted by Gasteiger charge is -2.06. The monoisotopic (exact) mass is 324 g/mol. The first-order valence-corrected chi connectivity index (χ1v) is 6.99. The third kappa shape index (κ3) is 4.51. The second-order valence-electron chi connectivity index (χ2n) is 5.01. The average Bonchev–Trinajstić information content (AvgIpc) is 2.90. The molecular weight excluding hydrogens is 304 g/mol. The summed E-state index contributed by atoms with van der Waals surface area (Å²) in [5.41, 5.74) is 6.29. The van der Waals surface area contributed by atoms with Crippen LogP contribution in [0.4, 0.5) is 5.82 Å². The van der Waals surface area contributed by atoms with Crippen molar-refractivity contribution in [1.29, 1.82) is 0 Å². The number of carbonyl (C=O) groups excluding carboxylic acids is 1. The lowest BCUT2D eigenvalue weighted by molar-refractivity contribution is -0.116. The third-order valence-corrected chi connectivity index (χ3v) is 2.94. The van der Waals surface area contributed by atoms with Crippen molar-refractivity contribution in [3.05, 3.63) is 30.2 Å². The van der Waals surface area contributed by atoms with E-state index in [1.54, 1.807) is 23.1 Å². The van der Waals surface area contributed by atoms with E-state index in [2.05, 4.69) is 20.4 Å². The lowest BCUT2D eigenvalue weighted by Crippen LogP contribution is -2.16. The van der Waals surface area contributed by atoms with Crippen LogP contribution in [0.3, 0.4) is 0 Å². The van der Waals surface area contributed by atoms with Gasteiger partial charge in [0.1, 0.15) is 5.82 Å². The summed E-state index contributed by atoms with van der Waals surface area (Å²) >= 11 is 0. The molecule has 7 nitrogen and oxygen atoms in total. The third-order valence-electron chi connectivity index (χ3n) is 2.94. The van der Waals surface area contributed by atoms with Crippen LogP contribution < -0.4 is 11.1 Å². The van der Waals surface area contributed by atoms with E-state index in [1.165, 1.54) is 0 Å². The van der Waals surface area contributed by atoms with Crippen LogP contribution in [-0.2, 0) is 4.79 Å². The van der Waals surface area contributed by atoms with Crippen LogP contribution in [0.15, 0.2) is 24.5 Å². The van der Waals surface area contributed by atoms with Crippen LogP contribution in [0.25, 0.3) is 5.95 Å². The summed E-state index contributed by atoms with van der Waals surface area (Å²) < 4.78 is 1.55. The minimum absolute atomic E-state index is 0. The number of carbonyl (C=O) groups is 1. The number of amides is 1. The van der Waals surface area contributed by atoms with E-state index in [4.69, 9.17) is 5.73 Å². The Bertz CT molecular complexity index is 599. The molecule has 0 fully saturated rings. The van der Waals surface area contributed by atoms with Gasteiger partial charge >= 0.3 is 0 Å².